The maximum Gasteiger partial charge on any atom is 0.371 e. The third-order valence-corrected chi connectivity index (χ3v) is 2.93. The molecule has 9 heteroatoms. The Morgan fingerprint density at radius 3 is 1.65 bits per heavy atom. The van der Waals surface area contributed by atoms with Crippen LogP contribution >= 0.6 is 0 Å². The first-order valence-corrected chi connectivity index (χ1v) is 8.40. The number of furan rings is 1. The van der Waals surface area contributed by atoms with E-state index in [0.29, 0.717) is 6.42 Å². The van der Waals surface area contributed by atoms with Crippen molar-refractivity contribution in [3.8, 4) is 0 Å². The fourth-order valence-electron chi connectivity index (χ4n) is 1.55. The van der Waals surface area contributed by atoms with Crippen molar-refractivity contribution in [2.75, 3.05) is 6.61 Å². The molecule has 0 aliphatic heterocycles. The molecule has 0 saturated heterocycles. The molecule has 1 aromatic heterocycles. The van der Waals surface area contributed by atoms with Gasteiger partial charge >= 0.3 is 11.9 Å². The molecule has 6 N–H and O–H groups in total. The molecular formula is C17H30O9. The Labute approximate surface area is 152 Å². The summed E-state index contributed by atoms with van der Waals surface area (Å²) in [4.78, 5) is 20.3. The molecule has 0 saturated carbocycles. The molecule has 1 rings (SSSR count). The lowest BCUT2D eigenvalue weighted by Gasteiger charge is -2.04. The van der Waals surface area contributed by atoms with Gasteiger partial charge in [0.25, 0.3) is 0 Å². The van der Waals surface area contributed by atoms with Gasteiger partial charge in [0, 0.05) is 0 Å². The maximum atomic E-state index is 10.2. The number of aliphatic hydroxyl groups is 4. The molecule has 1 atom stereocenters. The summed E-state index contributed by atoms with van der Waals surface area (Å²) in [6, 6.07) is 2.18. The zero-order valence-corrected chi connectivity index (χ0v) is 15.2. The highest BCUT2D eigenvalue weighted by atomic mass is 16.5. The van der Waals surface area contributed by atoms with E-state index in [1.165, 1.54) is 0 Å². The molecule has 0 aliphatic rings. The van der Waals surface area contributed by atoms with E-state index < -0.39 is 24.3 Å². The van der Waals surface area contributed by atoms with Crippen LogP contribution in [0, 0.1) is 0 Å². The van der Waals surface area contributed by atoms with Crippen molar-refractivity contribution in [1.29, 1.82) is 0 Å². The molecule has 0 bridgehead atoms. The summed E-state index contributed by atoms with van der Waals surface area (Å²) < 4.78 is 4.41. The Kier molecular flexibility index (Phi) is 16.7. The SMILES string of the molecule is CCCC(O)O.CCCCCC(O)CO.O=C(O)c1ccc(C(=O)O)o1. The van der Waals surface area contributed by atoms with E-state index in [1.807, 2.05) is 6.92 Å². The van der Waals surface area contributed by atoms with Crippen LogP contribution in [0.5, 0.6) is 0 Å². The average Bonchev–Trinajstić information content (AvgIpc) is 3.06. The van der Waals surface area contributed by atoms with Crippen molar-refractivity contribution in [2.45, 2.75) is 64.8 Å². The standard InChI is InChI=1S/C7H16O2.C6H4O5.C4H10O2/c1-2-3-4-5-7(9)6-8;7-5(8)3-1-2-4(11-3)6(9)10;1-2-3-4(5)6/h7-9H,2-6H2,1H3;1-2H,(H,7,8)(H,9,10);4-6H,2-3H2,1H3. The Morgan fingerprint density at radius 2 is 1.42 bits per heavy atom. The predicted octanol–water partition coefficient (Wildman–Crippen LogP) is 1.69. The van der Waals surface area contributed by atoms with Crippen molar-refractivity contribution in [3.63, 3.8) is 0 Å². The first kappa shape index (κ1) is 26.3. The molecule has 0 radical (unpaired) electrons. The second-order valence-electron chi connectivity index (χ2n) is 5.38. The van der Waals surface area contributed by atoms with E-state index in [9.17, 15) is 9.59 Å². The van der Waals surface area contributed by atoms with Crippen LogP contribution in [-0.4, -0.2) is 61.6 Å². The molecule has 1 heterocycles. The van der Waals surface area contributed by atoms with Crippen molar-refractivity contribution in [2.24, 2.45) is 0 Å². The lowest BCUT2D eigenvalue weighted by molar-refractivity contribution is -0.0453. The highest BCUT2D eigenvalue weighted by Gasteiger charge is 2.12. The van der Waals surface area contributed by atoms with Crippen LogP contribution in [0.3, 0.4) is 0 Å². The summed E-state index contributed by atoms with van der Waals surface area (Å²) in [5.74, 6) is -3.31. The van der Waals surface area contributed by atoms with Crippen molar-refractivity contribution in [3.05, 3.63) is 23.7 Å². The summed E-state index contributed by atoms with van der Waals surface area (Å²) in [5.41, 5.74) is 0. The monoisotopic (exact) mass is 378 g/mol. The van der Waals surface area contributed by atoms with Crippen LogP contribution in [0.4, 0.5) is 0 Å². The van der Waals surface area contributed by atoms with Crippen LogP contribution < -0.4 is 0 Å². The first-order chi connectivity index (χ1) is 12.2. The highest BCUT2D eigenvalue weighted by Crippen LogP contribution is 2.06. The second-order valence-corrected chi connectivity index (χ2v) is 5.38. The number of carbonyl (C=O) groups is 2. The minimum Gasteiger partial charge on any atom is -0.475 e. The molecule has 0 amide bonds. The molecular weight excluding hydrogens is 348 g/mol. The smallest absolute Gasteiger partial charge is 0.371 e. The molecule has 0 fully saturated rings. The van der Waals surface area contributed by atoms with Gasteiger partial charge in [-0.1, -0.05) is 39.5 Å². The van der Waals surface area contributed by atoms with Crippen LogP contribution in [0.2, 0.25) is 0 Å². The number of hydrogen-bond donors (Lipinski definition) is 6. The highest BCUT2D eigenvalue weighted by molar-refractivity contribution is 5.88. The van der Waals surface area contributed by atoms with Gasteiger partial charge in [-0.05, 0) is 25.0 Å². The van der Waals surface area contributed by atoms with E-state index in [4.69, 9.17) is 30.6 Å². The fourth-order valence-corrected chi connectivity index (χ4v) is 1.55. The third-order valence-electron chi connectivity index (χ3n) is 2.93. The van der Waals surface area contributed by atoms with Gasteiger partial charge in [0.2, 0.25) is 11.5 Å². The van der Waals surface area contributed by atoms with Gasteiger partial charge in [-0.2, -0.15) is 0 Å². The molecule has 0 aromatic carbocycles. The van der Waals surface area contributed by atoms with Crippen molar-refractivity contribution >= 4 is 11.9 Å². The number of unbranched alkanes of at least 4 members (excludes halogenated alkanes) is 2. The Balaban J connectivity index is 0. The summed E-state index contributed by atoms with van der Waals surface area (Å²) >= 11 is 0. The number of aromatic carboxylic acids is 2. The van der Waals surface area contributed by atoms with Gasteiger partial charge in [0.1, 0.15) is 0 Å². The van der Waals surface area contributed by atoms with Crippen LogP contribution in [-0.2, 0) is 0 Å². The molecule has 9 nitrogen and oxygen atoms in total. The molecule has 152 valence electrons. The van der Waals surface area contributed by atoms with Crippen LogP contribution in [0.25, 0.3) is 0 Å². The molecule has 0 aliphatic carbocycles. The molecule has 26 heavy (non-hydrogen) atoms. The number of aliphatic hydroxyl groups excluding tert-OH is 3. The largest absolute Gasteiger partial charge is 0.475 e. The number of hydrogen-bond acceptors (Lipinski definition) is 7. The third kappa shape index (κ3) is 15.6. The van der Waals surface area contributed by atoms with E-state index in [0.717, 1.165) is 44.2 Å². The Morgan fingerprint density at radius 1 is 0.923 bits per heavy atom. The van der Waals surface area contributed by atoms with E-state index in [1.54, 1.807) is 0 Å². The number of carboxylic acids is 2. The minimum absolute atomic E-state index is 0.0935. The molecule has 0 spiro atoms. The normalized spacial score (nSPS) is 11.0. The number of carboxylic acid groups (broad SMARTS) is 2. The Bertz CT molecular complexity index is 454. The minimum atomic E-state index is -1.28. The van der Waals surface area contributed by atoms with E-state index in [-0.39, 0.29) is 18.1 Å². The lowest BCUT2D eigenvalue weighted by atomic mass is 10.1. The lowest BCUT2D eigenvalue weighted by Crippen LogP contribution is -2.10. The van der Waals surface area contributed by atoms with Gasteiger partial charge < -0.3 is 35.1 Å². The summed E-state index contributed by atoms with van der Waals surface area (Å²) in [7, 11) is 0. The van der Waals surface area contributed by atoms with Crippen molar-refractivity contribution in [1.82, 2.24) is 0 Å². The zero-order chi connectivity index (χ0) is 20.5. The van der Waals surface area contributed by atoms with Gasteiger partial charge in [-0.3, -0.25) is 0 Å². The van der Waals surface area contributed by atoms with Crippen molar-refractivity contribution < 1.29 is 44.6 Å². The van der Waals surface area contributed by atoms with E-state index in [2.05, 4.69) is 11.3 Å². The second kappa shape index (κ2) is 16.5. The average molecular weight is 378 g/mol. The molecule has 1 aromatic rings. The van der Waals surface area contributed by atoms with Crippen LogP contribution in [0.1, 0.15) is 73.5 Å². The van der Waals surface area contributed by atoms with Gasteiger partial charge in [0.05, 0.1) is 12.7 Å². The first-order valence-electron chi connectivity index (χ1n) is 8.40. The quantitative estimate of drug-likeness (QED) is 0.276. The topological polar surface area (TPSA) is 169 Å². The van der Waals surface area contributed by atoms with Gasteiger partial charge in [-0.15, -0.1) is 0 Å². The zero-order valence-electron chi connectivity index (χ0n) is 15.2. The number of rotatable bonds is 9. The predicted molar refractivity (Wildman–Crippen MR) is 93.0 cm³/mol. The summed E-state index contributed by atoms with van der Waals surface area (Å²) in [5, 5.41) is 50.0. The van der Waals surface area contributed by atoms with Gasteiger partial charge in [0.15, 0.2) is 6.29 Å². The Hall–Kier alpha value is -1.94. The summed E-state index contributed by atoms with van der Waals surface area (Å²) in [6.45, 7) is 3.93. The fraction of sp³-hybridized carbons (Fsp3) is 0.647. The molecule has 1 unspecified atom stereocenters. The van der Waals surface area contributed by atoms with Gasteiger partial charge in [-0.25, -0.2) is 9.59 Å². The van der Waals surface area contributed by atoms with Crippen LogP contribution in [0.15, 0.2) is 16.5 Å². The maximum absolute atomic E-state index is 10.2. The summed E-state index contributed by atoms with van der Waals surface area (Å²) in [6.07, 6.45) is 3.81. The van der Waals surface area contributed by atoms with E-state index >= 15 is 0 Å².